The number of pyridine rings is 1. The average molecular weight is 369 g/mol. The second-order valence-corrected chi connectivity index (χ2v) is 7.09. The van der Waals surface area contributed by atoms with E-state index in [1.54, 1.807) is 6.20 Å². The molecule has 0 bridgehead atoms. The van der Waals surface area contributed by atoms with Crippen LogP contribution < -0.4 is 0 Å². The molecule has 2 aliphatic rings. The average Bonchev–Trinajstić information content (AvgIpc) is 3.15. The Morgan fingerprint density at radius 2 is 2.00 bits per heavy atom. The van der Waals surface area contributed by atoms with Gasteiger partial charge in [-0.15, -0.1) is 0 Å². The van der Waals surface area contributed by atoms with E-state index >= 15 is 0 Å². The summed E-state index contributed by atoms with van der Waals surface area (Å²) in [6, 6.07) is 5.46. The van der Waals surface area contributed by atoms with Crippen LogP contribution in [0.3, 0.4) is 0 Å². The summed E-state index contributed by atoms with van der Waals surface area (Å²) in [5.41, 5.74) is 1.37. The van der Waals surface area contributed by atoms with E-state index in [1.165, 1.54) is 30.0 Å². The maximum absolute atomic E-state index is 12.9. The van der Waals surface area contributed by atoms with Crippen molar-refractivity contribution in [2.24, 2.45) is 0 Å². The molecule has 1 saturated heterocycles. The zero-order chi connectivity index (χ0) is 18.8. The van der Waals surface area contributed by atoms with Gasteiger partial charge < -0.3 is 10.0 Å². The van der Waals surface area contributed by atoms with Gasteiger partial charge in [0.25, 0.3) is 5.91 Å². The predicted molar refractivity (Wildman–Crippen MR) is 97.5 cm³/mol. The normalized spacial score (nSPS) is 19.0. The van der Waals surface area contributed by atoms with Gasteiger partial charge >= 0.3 is 5.97 Å². The molecule has 4 heterocycles. The van der Waals surface area contributed by atoms with Crippen LogP contribution in [0.2, 0.25) is 0 Å². The molecule has 0 aromatic carbocycles. The Hall–Kier alpha value is -2.74. The zero-order valence-corrected chi connectivity index (χ0v) is 15.1. The highest BCUT2D eigenvalue weighted by atomic mass is 16.4. The van der Waals surface area contributed by atoms with E-state index in [-0.39, 0.29) is 17.6 Å². The topological polar surface area (TPSA) is 91.6 Å². The fourth-order valence-corrected chi connectivity index (χ4v) is 3.96. The summed E-state index contributed by atoms with van der Waals surface area (Å²) < 4.78 is 1.50. The van der Waals surface area contributed by atoms with E-state index in [1.807, 2.05) is 17.2 Å². The number of carbonyl (C=O) groups is 2. The van der Waals surface area contributed by atoms with Gasteiger partial charge in [-0.1, -0.05) is 12.5 Å². The zero-order valence-electron chi connectivity index (χ0n) is 15.1. The molecule has 0 aliphatic carbocycles. The maximum Gasteiger partial charge on any atom is 0.356 e. The van der Waals surface area contributed by atoms with Crippen molar-refractivity contribution in [3.63, 3.8) is 0 Å². The number of nitrogens with zero attached hydrogens (tertiary/aromatic N) is 5. The number of amides is 1. The van der Waals surface area contributed by atoms with Gasteiger partial charge in [0.1, 0.15) is 5.69 Å². The molecule has 2 aliphatic heterocycles. The summed E-state index contributed by atoms with van der Waals surface area (Å²) in [6.45, 7) is 3.63. The molecular formula is C19H23N5O3. The Bertz CT molecular complexity index is 829. The van der Waals surface area contributed by atoms with Gasteiger partial charge in [-0.25, -0.2) is 4.79 Å². The summed E-state index contributed by atoms with van der Waals surface area (Å²) in [6.07, 6.45) is 7.21. The Balaban J connectivity index is 1.57. The quantitative estimate of drug-likeness (QED) is 0.862. The van der Waals surface area contributed by atoms with Crippen LogP contribution in [0, 0.1) is 0 Å². The monoisotopic (exact) mass is 369 g/mol. The van der Waals surface area contributed by atoms with Crippen molar-refractivity contribution in [2.45, 2.75) is 31.8 Å². The molecule has 2 aromatic rings. The second-order valence-electron chi connectivity index (χ2n) is 7.09. The first-order chi connectivity index (χ1) is 13.1. The minimum absolute atomic E-state index is 0.0833. The number of carboxylic acids is 1. The number of hydrogen-bond donors (Lipinski definition) is 1. The molecule has 27 heavy (non-hydrogen) atoms. The van der Waals surface area contributed by atoms with E-state index in [2.05, 4.69) is 21.0 Å². The molecular weight excluding hydrogens is 346 g/mol. The van der Waals surface area contributed by atoms with Gasteiger partial charge in [0.05, 0.1) is 12.6 Å². The standard InChI is InChI=1S/C19H23N5O3/c25-18-16-11-15(19(26)27)21-24(16)10-9-23(18)13-17(14-5-4-6-20-12-14)22-7-2-1-3-8-22/h4-6,11-12,17H,1-3,7-10,13H2,(H,26,27). The Morgan fingerprint density at radius 3 is 2.70 bits per heavy atom. The second kappa shape index (κ2) is 7.48. The molecule has 2 aromatic heterocycles. The van der Waals surface area contributed by atoms with Crippen LogP contribution in [0.5, 0.6) is 0 Å². The number of aromatic nitrogens is 3. The minimum atomic E-state index is -1.11. The molecule has 1 amide bonds. The van der Waals surface area contributed by atoms with E-state index in [0.29, 0.717) is 25.3 Å². The predicted octanol–water partition coefficient (Wildman–Crippen LogP) is 1.66. The van der Waals surface area contributed by atoms with E-state index in [4.69, 9.17) is 5.11 Å². The van der Waals surface area contributed by atoms with E-state index in [9.17, 15) is 9.59 Å². The molecule has 0 spiro atoms. The van der Waals surface area contributed by atoms with Crippen molar-refractivity contribution in [3.8, 4) is 0 Å². The molecule has 8 nitrogen and oxygen atoms in total. The lowest BCUT2D eigenvalue weighted by molar-refractivity contribution is 0.0588. The number of aromatic carboxylic acids is 1. The summed E-state index contributed by atoms with van der Waals surface area (Å²) in [5.74, 6) is -1.27. The Labute approximate surface area is 157 Å². The van der Waals surface area contributed by atoms with Gasteiger partial charge in [0.15, 0.2) is 5.69 Å². The van der Waals surface area contributed by atoms with Crippen LogP contribution in [0.15, 0.2) is 30.6 Å². The van der Waals surface area contributed by atoms with Crippen LogP contribution in [0.1, 0.15) is 51.8 Å². The lowest BCUT2D eigenvalue weighted by Gasteiger charge is -2.38. The number of likely N-dealkylation sites (tertiary alicyclic amines) is 1. The van der Waals surface area contributed by atoms with Crippen molar-refractivity contribution in [2.75, 3.05) is 26.2 Å². The van der Waals surface area contributed by atoms with Gasteiger partial charge in [-0.3, -0.25) is 19.4 Å². The third-order valence-electron chi connectivity index (χ3n) is 5.38. The van der Waals surface area contributed by atoms with Crippen molar-refractivity contribution < 1.29 is 14.7 Å². The first-order valence-electron chi connectivity index (χ1n) is 9.38. The SMILES string of the molecule is O=C(O)c1cc2n(n1)CCN(CC(c1cccnc1)N1CCCCC1)C2=O. The van der Waals surface area contributed by atoms with E-state index < -0.39 is 5.97 Å². The van der Waals surface area contributed by atoms with Gasteiger partial charge in [0.2, 0.25) is 0 Å². The first-order valence-corrected chi connectivity index (χ1v) is 9.38. The Morgan fingerprint density at radius 1 is 1.19 bits per heavy atom. The highest BCUT2D eigenvalue weighted by Crippen LogP contribution is 2.26. The number of carbonyl (C=O) groups excluding carboxylic acids is 1. The highest BCUT2D eigenvalue weighted by Gasteiger charge is 2.32. The number of rotatable bonds is 5. The third kappa shape index (κ3) is 3.57. The molecule has 1 unspecified atom stereocenters. The van der Waals surface area contributed by atoms with Crippen molar-refractivity contribution in [1.29, 1.82) is 0 Å². The summed E-state index contributed by atoms with van der Waals surface area (Å²) in [7, 11) is 0. The van der Waals surface area contributed by atoms with Crippen molar-refractivity contribution in [1.82, 2.24) is 24.6 Å². The van der Waals surface area contributed by atoms with Crippen LogP contribution in [0.4, 0.5) is 0 Å². The molecule has 142 valence electrons. The van der Waals surface area contributed by atoms with Gasteiger partial charge in [-0.05, 0) is 37.6 Å². The van der Waals surface area contributed by atoms with Crippen LogP contribution in [0.25, 0.3) is 0 Å². The number of hydrogen-bond acceptors (Lipinski definition) is 5. The smallest absolute Gasteiger partial charge is 0.356 e. The molecule has 1 fully saturated rings. The van der Waals surface area contributed by atoms with Crippen LogP contribution >= 0.6 is 0 Å². The largest absolute Gasteiger partial charge is 0.476 e. The van der Waals surface area contributed by atoms with Crippen LogP contribution in [-0.4, -0.2) is 67.7 Å². The van der Waals surface area contributed by atoms with Crippen molar-refractivity contribution >= 4 is 11.9 Å². The summed E-state index contributed by atoms with van der Waals surface area (Å²) >= 11 is 0. The molecule has 4 rings (SSSR count). The fraction of sp³-hybridized carbons (Fsp3) is 0.474. The van der Waals surface area contributed by atoms with Crippen molar-refractivity contribution in [3.05, 3.63) is 47.5 Å². The maximum atomic E-state index is 12.9. The summed E-state index contributed by atoms with van der Waals surface area (Å²) in [5, 5.41) is 13.1. The van der Waals surface area contributed by atoms with Gasteiger partial charge in [0, 0.05) is 31.5 Å². The molecule has 8 heteroatoms. The number of carboxylic acid groups (broad SMARTS) is 1. The minimum Gasteiger partial charge on any atom is -0.476 e. The summed E-state index contributed by atoms with van der Waals surface area (Å²) in [4.78, 5) is 32.6. The number of piperidine rings is 1. The van der Waals surface area contributed by atoms with Crippen LogP contribution in [-0.2, 0) is 6.54 Å². The van der Waals surface area contributed by atoms with Gasteiger partial charge in [-0.2, -0.15) is 5.10 Å². The molecule has 0 radical (unpaired) electrons. The molecule has 0 saturated carbocycles. The Kier molecular flexibility index (Phi) is 4.89. The highest BCUT2D eigenvalue weighted by molar-refractivity contribution is 5.96. The molecule has 1 atom stereocenters. The third-order valence-corrected chi connectivity index (χ3v) is 5.38. The molecule has 1 N–H and O–H groups in total. The lowest BCUT2D eigenvalue weighted by atomic mass is 10.0. The fourth-order valence-electron chi connectivity index (χ4n) is 3.96. The number of fused-ring (bicyclic) bond motifs is 1. The van der Waals surface area contributed by atoms with E-state index in [0.717, 1.165) is 18.7 Å². The lowest BCUT2D eigenvalue weighted by Crippen LogP contribution is -2.46. The first kappa shape index (κ1) is 17.7.